The van der Waals surface area contributed by atoms with Crippen LogP contribution in [0.4, 0.5) is 0 Å². The Balaban J connectivity index is 3.34. The molecule has 1 unspecified atom stereocenters. The van der Waals surface area contributed by atoms with E-state index in [0.717, 1.165) is 45.1 Å². The predicted molar refractivity (Wildman–Crippen MR) is 132 cm³/mol. The van der Waals surface area contributed by atoms with Crippen LogP contribution in [-0.2, 0) is 4.79 Å². The van der Waals surface area contributed by atoms with Gasteiger partial charge >= 0.3 is 0 Å². The number of carbonyl (C=O) groups is 1. The summed E-state index contributed by atoms with van der Waals surface area (Å²) in [5.74, 6) is -0.0618. The first-order chi connectivity index (χ1) is 15.1. The van der Waals surface area contributed by atoms with E-state index in [9.17, 15) is 15.0 Å². The lowest BCUT2D eigenvalue weighted by Gasteiger charge is -2.12. The number of aliphatic hydroxyl groups is 2. The van der Waals surface area contributed by atoms with Crippen LogP contribution in [0, 0.1) is 0 Å². The molecule has 4 N–H and O–H groups in total. The van der Waals surface area contributed by atoms with Gasteiger partial charge in [-0.3, -0.25) is 4.79 Å². The van der Waals surface area contributed by atoms with E-state index in [1.165, 1.54) is 70.6 Å². The van der Waals surface area contributed by atoms with E-state index >= 15 is 0 Å². The molecule has 0 aliphatic heterocycles. The van der Waals surface area contributed by atoms with E-state index in [2.05, 4.69) is 24.5 Å². The Morgan fingerprint density at radius 1 is 0.645 bits per heavy atom. The summed E-state index contributed by atoms with van der Waals surface area (Å²) in [7, 11) is 0. The van der Waals surface area contributed by atoms with Crippen molar-refractivity contribution < 1.29 is 15.0 Å². The summed E-state index contributed by atoms with van der Waals surface area (Å²) >= 11 is 0. The molecule has 0 saturated heterocycles. The third-order valence-corrected chi connectivity index (χ3v) is 5.92. The molecule has 5 nitrogen and oxygen atoms in total. The second-order valence-corrected chi connectivity index (χ2v) is 9.24. The zero-order valence-corrected chi connectivity index (χ0v) is 20.8. The first kappa shape index (κ1) is 30.4. The Morgan fingerprint density at radius 2 is 1.19 bits per heavy atom. The minimum absolute atomic E-state index is 0.0618. The van der Waals surface area contributed by atoms with Gasteiger partial charge in [0, 0.05) is 13.1 Å². The van der Waals surface area contributed by atoms with Gasteiger partial charge in [-0.2, -0.15) is 0 Å². The molecule has 0 saturated carbocycles. The number of rotatable bonds is 24. The smallest absolute Gasteiger partial charge is 0.222 e. The van der Waals surface area contributed by atoms with Crippen LogP contribution in [0.5, 0.6) is 0 Å². The molecule has 0 aromatic rings. The number of nitrogens with one attached hydrogen (secondary N) is 2. The van der Waals surface area contributed by atoms with Crippen molar-refractivity contribution in [3.05, 3.63) is 0 Å². The van der Waals surface area contributed by atoms with Crippen molar-refractivity contribution in [2.45, 2.75) is 142 Å². The topological polar surface area (TPSA) is 81.6 Å². The van der Waals surface area contributed by atoms with Gasteiger partial charge in [-0.05, 0) is 25.8 Å². The molecule has 186 valence electrons. The molecular formula is C26H54N2O3. The van der Waals surface area contributed by atoms with Crippen molar-refractivity contribution in [3.8, 4) is 0 Å². The average Bonchev–Trinajstić information content (AvgIpc) is 2.74. The molecule has 0 heterocycles. The number of aliphatic hydroxyl groups excluding tert-OH is 2. The molecule has 0 fully saturated rings. The molecule has 0 rings (SSSR count). The van der Waals surface area contributed by atoms with Gasteiger partial charge in [0.2, 0.25) is 5.91 Å². The summed E-state index contributed by atoms with van der Waals surface area (Å²) in [5.41, 5.74) is 0. The predicted octanol–water partition coefficient (Wildman–Crippen LogP) is 5.48. The van der Waals surface area contributed by atoms with Crippen molar-refractivity contribution >= 4 is 5.91 Å². The zero-order chi connectivity index (χ0) is 23.0. The molecule has 1 amide bonds. The van der Waals surface area contributed by atoms with Crippen molar-refractivity contribution in [2.24, 2.45) is 0 Å². The van der Waals surface area contributed by atoms with Gasteiger partial charge in [-0.1, -0.05) is 104 Å². The number of unbranched alkanes of at least 4 members (excludes halogenated alkanes) is 12. The average molecular weight is 443 g/mol. The van der Waals surface area contributed by atoms with E-state index in [1.54, 1.807) is 0 Å². The van der Waals surface area contributed by atoms with Gasteiger partial charge < -0.3 is 20.8 Å². The molecule has 0 aliphatic rings. The standard InChI is InChI=1S/C26H54N2O3/c1-3-5-6-7-8-9-10-11-12-13-14-15-16-19-24(29)22-26(31)28-21-17-20-27-23-25(30)18-4-2/h24-25,27,29-30H,3-23H2,1-2H3,(H,28,31)/t24-,25?/m1/s1. The summed E-state index contributed by atoms with van der Waals surface area (Å²) in [6.07, 6.45) is 19.9. The highest BCUT2D eigenvalue weighted by atomic mass is 16.3. The molecular weight excluding hydrogens is 388 g/mol. The van der Waals surface area contributed by atoms with Crippen molar-refractivity contribution in [1.82, 2.24) is 10.6 Å². The SMILES string of the molecule is CCCCCCCCCCCCCCC[C@@H](O)CC(=O)NCCCNCC(O)CCC. The lowest BCUT2D eigenvalue weighted by Crippen LogP contribution is -2.32. The third-order valence-electron chi connectivity index (χ3n) is 5.92. The fourth-order valence-electron chi connectivity index (χ4n) is 3.93. The Morgan fingerprint density at radius 3 is 1.74 bits per heavy atom. The Kier molecular flexibility index (Phi) is 23.5. The fourth-order valence-corrected chi connectivity index (χ4v) is 3.93. The van der Waals surface area contributed by atoms with Crippen LogP contribution in [0.3, 0.4) is 0 Å². The molecule has 0 spiro atoms. The van der Waals surface area contributed by atoms with E-state index in [4.69, 9.17) is 0 Å². The maximum atomic E-state index is 11.9. The normalized spacial score (nSPS) is 13.3. The minimum Gasteiger partial charge on any atom is -0.393 e. The number of amides is 1. The number of carbonyl (C=O) groups excluding carboxylic acids is 1. The summed E-state index contributed by atoms with van der Waals surface area (Å²) in [5, 5.41) is 25.8. The molecule has 0 aliphatic carbocycles. The monoisotopic (exact) mass is 442 g/mol. The van der Waals surface area contributed by atoms with Crippen molar-refractivity contribution in [2.75, 3.05) is 19.6 Å². The van der Waals surface area contributed by atoms with Crippen LogP contribution >= 0.6 is 0 Å². The quantitative estimate of drug-likeness (QED) is 0.149. The molecule has 0 aromatic heterocycles. The summed E-state index contributed by atoms with van der Waals surface area (Å²) < 4.78 is 0. The Hall–Kier alpha value is -0.650. The van der Waals surface area contributed by atoms with Gasteiger partial charge in [-0.15, -0.1) is 0 Å². The highest BCUT2D eigenvalue weighted by Gasteiger charge is 2.10. The molecule has 0 aromatic carbocycles. The van der Waals surface area contributed by atoms with E-state index < -0.39 is 6.10 Å². The largest absolute Gasteiger partial charge is 0.393 e. The summed E-state index contributed by atoms with van der Waals surface area (Å²) in [4.78, 5) is 11.9. The van der Waals surface area contributed by atoms with E-state index in [0.29, 0.717) is 13.1 Å². The maximum Gasteiger partial charge on any atom is 0.222 e. The van der Waals surface area contributed by atoms with Crippen LogP contribution in [0.1, 0.15) is 129 Å². The van der Waals surface area contributed by atoms with Crippen LogP contribution < -0.4 is 10.6 Å². The van der Waals surface area contributed by atoms with Crippen molar-refractivity contribution in [1.29, 1.82) is 0 Å². The van der Waals surface area contributed by atoms with E-state index in [-0.39, 0.29) is 18.4 Å². The first-order valence-corrected chi connectivity index (χ1v) is 13.4. The van der Waals surface area contributed by atoms with Gasteiger partial charge in [0.05, 0.1) is 18.6 Å². The lowest BCUT2D eigenvalue weighted by molar-refractivity contribution is -0.123. The minimum atomic E-state index is -0.518. The molecule has 2 atom stereocenters. The molecule has 0 bridgehead atoms. The van der Waals surface area contributed by atoms with E-state index in [1.807, 2.05) is 0 Å². The van der Waals surface area contributed by atoms with Crippen LogP contribution in [0.25, 0.3) is 0 Å². The zero-order valence-electron chi connectivity index (χ0n) is 20.8. The molecule has 0 radical (unpaired) electrons. The fraction of sp³-hybridized carbons (Fsp3) is 0.962. The van der Waals surface area contributed by atoms with Crippen LogP contribution in [-0.4, -0.2) is 48.0 Å². The third kappa shape index (κ3) is 23.8. The molecule has 31 heavy (non-hydrogen) atoms. The second kappa shape index (κ2) is 24.0. The highest BCUT2D eigenvalue weighted by molar-refractivity contribution is 5.76. The highest BCUT2D eigenvalue weighted by Crippen LogP contribution is 2.13. The summed E-state index contributed by atoms with van der Waals surface area (Å²) in [6, 6.07) is 0. The number of hydrogen-bond donors (Lipinski definition) is 4. The number of hydrogen-bond acceptors (Lipinski definition) is 4. The Labute approximate surface area is 193 Å². The first-order valence-electron chi connectivity index (χ1n) is 13.4. The van der Waals surface area contributed by atoms with Gasteiger partial charge in [0.25, 0.3) is 0 Å². The van der Waals surface area contributed by atoms with Gasteiger partial charge in [0.1, 0.15) is 0 Å². The van der Waals surface area contributed by atoms with Crippen LogP contribution in [0.2, 0.25) is 0 Å². The molecule has 5 heteroatoms. The van der Waals surface area contributed by atoms with Gasteiger partial charge in [-0.25, -0.2) is 0 Å². The second-order valence-electron chi connectivity index (χ2n) is 9.24. The Bertz CT molecular complexity index is 380. The maximum absolute atomic E-state index is 11.9. The lowest BCUT2D eigenvalue weighted by atomic mass is 10.0. The summed E-state index contributed by atoms with van der Waals surface area (Å²) in [6.45, 7) is 6.33. The van der Waals surface area contributed by atoms with Gasteiger partial charge in [0.15, 0.2) is 0 Å². The van der Waals surface area contributed by atoms with Crippen LogP contribution in [0.15, 0.2) is 0 Å². The van der Waals surface area contributed by atoms with Crippen molar-refractivity contribution in [3.63, 3.8) is 0 Å².